The van der Waals surface area contributed by atoms with Gasteiger partial charge in [-0.25, -0.2) is 0 Å². The van der Waals surface area contributed by atoms with E-state index >= 15 is 0 Å². The molecule has 0 atom stereocenters. The van der Waals surface area contributed by atoms with E-state index in [0.29, 0.717) is 44.5 Å². The molecule has 52 heavy (non-hydrogen) atoms. The maximum absolute atomic E-state index is 13.7. The zero-order chi connectivity index (χ0) is 35.7. The van der Waals surface area contributed by atoms with E-state index in [2.05, 4.69) is 6.07 Å². The van der Waals surface area contributed by atoms with Gasteiger partial charge in [0.25, 0.3) is 0 Å². The first-order chi connectivity index (χ1) is 25.4. The fourth-order valence-corrected chi connectivity index (χ4v) is 11.7. The predicted octanol–water partition coefficient (Wildman–Crippen LogP) is 10.4. The molecule has 3 aromatic heterocycles. The van der Waals surface area contributed by atoms with E-state index < -0.39 is 5.60 Å². The maximum Gasteiger partial charge on any atom is 0.194 e. The Morgan fingerprint density at radius 2 is 1.17 bits per heavy atom. The van der Waals surface area contributed by atoms with Gasteiger partial charge in [-0.2, -0.15) is 21.0 Å². The van der Waals surface area contributed by atoms with E-state index in [0.717, 1.165) is 72.3 Å². The molecule has 2 aromatic carbocycles. The van der Waals surface area contributed by atoms with E-state index in [1.807, 2.05) is 36.4 Å². The van der Waals surface area contributed by atoms with Crippen LogP contribution in [0.2, 0.25) is 0 Å². The Labute approximate surface area is 310 Å². The fraction of sp³-hybridized carbons (Fsp3) is 0.143. The second-order valence-corrected chi connectivity index (χ2v) is 16.2. The van der Waals surface area contributed by atoms with Gasteiger partial charge < -0.3 is 4.74 Å². The van der Waals surface area contributed by atoms with Crippen LogP contribution in [0.25, 0.3) is 42.5 Å². The molecule has 4 heterocycles. The van der Waals surface area contributed by atoms with Crippen LogP contribution in [0.1, 0.15) is 79.3 Å². The molecule has 0 radical (unpaired) electrons. The molecule has 0 unspecified atom stereocenters. The molecule has 5 aromatic rings. The quantitative estimate of drug-likeness (QED) is 0.130. The summed E-state index contributed by atoms with van der Waals surface area (Å²) in [4.78, 5) is 31.1. The number of ketones is 2. The zero-order valence-electron chi connectivity index (χ0n) is 27.2. The summed E-state index contributed by atoms with van der Waals surface area (Å²) >= 11 is 4.72. The van der Waals surface area contributed by atoms with Crippen molar-refractivity contribution < 1.29 is 14.3 Å². The molecule has 7 nitrogen and oxygen atoms in total. The number of hydrogen-bond donors (Lipinski definition) is 0. The number of rotatable bonds is 2. The molecule has 4 aliphatic rings. The minimum Gasteiger partial charge on any atom is -0.479 e. The largest absolute Gasteiger partial charge is 0.479 e. The van der Waals surface area contributed by atoms with Crippen LogP contribution >= 0.6 is 34.0 Å². The van der Waals surface area contributed by atoms with Gasteiger partial charge in [-0.15, -0.1) is 34.0 Å². The Balaban J connectivity index is 1.18. The summed E-state index contributed by atoms with van der Waals surface area (Å²) in [7, 11) is 0. The number of benzene rings is 2. The molecule has 0 bridgehead atoms. The van der Waals surface area contributed by atoms with Gasteiger partial charge >= 0.3 is 0 Å². The van der Waals surface area contributed by atoms with Crippen molar-refractivity contribution in [2.75, 3.05) is 0 Å². The highest BCUT2D eigenvalue weighted by atomic mass is 32.1. The standard InChI is InChI=1S/C42H22N4O3S3/c43-18-22(19-44)34-26-8-2-4-10-28(26)36(47)30(34)14-24-16-32-39(50-24)41-38(49-42(32)12-6-1-7-13-42)40-33(52-41)17-25(51-40)15-31-35(23(20-45)21-46)27-9-3-5-11-29(27)37(31)48/h2-5,8-11,14-17H,1,6-7,12-13H2/b30-14-,31-15-. The smallest absolute Gasteiger partial charge is 0.194 e. The second-order valence-electron chi connectivity index (χ2n) is 13.0. The number of nitriles is 4. The lowest BCUT2D eigenvalue weighted by Gasteiger charge is -2.40. The minimum absolute atomic E-state index is 0.0910. The van der Waals surface area contributed by atoms with E-state index in [-0.39, 0.29) is 22.7 Å². The number of hydrogen-bond acceptors (Lipinski definition) is 10. The number of carbonyl (C=O) groups is 2. The molecule has 1 aliphatic heterocycles. The van der Waals surface area contributed by atoms with Crippen molar-refractivity contribution in [1.29, 1.82) is 21.0 Å². The molecule has 0 N–H and O–H groups in total. The van der Waals surface area contributed by atoms with Crippen LogP contribution in [0.15, 0.2) is 83.0 Å². The van der Waals surface area contributed by atoms with Gasteiger partial charge in [0.1, 0.15) is 41.0 Å². The first-order valence-electron chi connectivity index (χ1n) is 16.6. The summed E-state index contributed by atoms with van der Waals surface area (Å²) in [6, 6.07) is 26.3. The zero-order valence-corrected chi connectivity index (χ0v) is 29.7. The van der Waals surface area contributed by atoms with Crippen LogP contribution < -0.4 is 4.74 Å². The molecule has 1 saturated carbocycles. The monoisotopic (exact) mass is 726 g/mol. The average Bonchev–Trinajstić information content (AvgIpc) is 3.97. The molecule has 9 rings (SSSR count). The van der Waals surface area contributed by atoms with Gasteiger partial charge in [0, 0.05) is 48.7 Å². The van der Waals surface area contributed by atoms with Gasteiger partial charge in [-0.05, 0) is 61.1 Å². The molecule has 1 fully saturated rings. The number of Topliss-reactive ketones (excluding diaryl/α,β-unsaturated/α-hetero) is 2. The van der Waals surface area contributed by atoms with Crippen molar-refractivity contribution in [3.8, 4) is 39.8 Å². The normalized spacial score (nSPS) is 17.9. The summed E-state index contributed by atoms with van der Waals surface area (Å²) in [5.41, 5.74) is 3.93. The summed E-state index contributed by atoms with van der Waals surface area (Å²) in [6.07, 6.45) is 8.46. The molecule has 246 valence electrons. The Bertz CT molecular complexity index is 2750. The predicted molar refractivity (Wildman–Crippen MR) is 202 cm³/mol. The summed E-state index contributed by atoms with van der Waals surface area (Å²) < 4.78 is 9.08. The molecule has 10 heteroatoms. The molecular formula is C42H22N4O3S3. The van der Waals surface area contributed by atoms with Crippen LogP contribution in [0.4, 0.5) is 0 Å². The summed E-state index contributed by atoms with van der Waals surface area (Å²) in [6.45, 7) is 0. The topological polar surface area (TPSA) is 139 Å². The Morgan fingerprint density at radius 1 is 0.654 bits per heavy atom. The van der Waals surface area contributed by atoms with Gasteiger partial charge in [0.05, 0.1) is 19.2 Å². The van der Waals surface area contributed by atoms with Crippen molar-refractivity contribution in [3.63, 3.8) is 0 Å². The van der Waals surface area contributed by atoms with Crippen LogP contribution in [-0.2, 0) is 5.60 Å². The number of ether oxygens (including phenoxy) is 1. The lowest BCUT2D eigenvalue weighted by molar-refractivity contribution is 0.0267. The lowest BCUT2D eigenvalue weighted by atomic mass is 9.78. The number of nitrogens with zero attached hydrogens (tertiary/aromatic N) is 4. The molecule has 0 amide bonds. The highest BCUT2D eigenvalue weighted by molar-refractivity contribution is 7.32. The summed E-state index contributed by atoms with van der Waals surface area (Å²) in [5, 5.41) is 39.2. The van der Waals surface area contributed by atoms with Crippen LogP contribution in [0.5, 0.6) is 5.75 Å². The van der Waals surface area contributed by atoms with Crippen molar-refractivity contribution >= 4 is 78.3 Å². The van der Waals surface area contributed by atoms with Crippen molar-refractivity contribution in [2.24, 2.45) is 0 Å². The lowest BCUT2D eigenvalue weighted by Crippen LogP contribution is -2.37. The Kier molecular flexibility index (Phi) is 7.33. The SMILES string of the molecule is N#CC(C#N)=C1/C(=C/c2cc3c(s2)-c2sc4cc(/C=C5\C(=O)c6ccccc6C5=C(C#N)C#N)sc4c2OC32CCCCC2)C(=O)c2ccccc21. The molecule has 0 saturated heterocycles. The molecule has 1 spiro atoms. The molecular weight excluding hydrogens is 705 g/mol. The minimum atomic E-state index is -0.538. The maximum atomic E-state index is 13.7. The van der Waals surface area contributed by atoms with Crippen LogP contribution in [-0.4, -0.2) is 11.6 Å². The number of fused-ring (bicyclic) bond motifs is 8. The number of allylic oxidation sites excluding steroid dienone is 6. The van der Waals surface area contributed by atoms with Crippen molar-refractivity contribution in [3.05, 3.63) is 121 Å². The number of carbonyl (C=O) groups excluding carboxylic acids is 2. The highest BCUT2D eigenvalue weighted by Crippen LogP contribution is 2.60. The fourth-order valence-electron chi connectivity index (χ4n) is 7.91. The van der Waals surface area contributed by atoms with Crippen LogP contribution in [0, 0.1) is 45.3 Å². The van der Waals surface area contributed by atoms with E-state index in [1.54, 1.807) is 77.3 Å². The van der Waals surface area contributed by atoms with Gasteiger partial charge in [0.2, 0.25) is 0 Å². The van der Waals surface area contributed by atoms with E-state index in [4.69, 9.17) is 4.74 Å². The van der Waals surface area contributed by atoms with Gasteiger partial charge in [0.15, 0.2) is 17.3 Å². The Hall–Kier alpha value is -6.14. The summed E-state index contributed by atoms with van der Waals surface area (Å²) in [5.74, 6) is 0.395. The Morgan fingerprint density at radius 3 is 1.71 bits per heavy atom. The van der Waals surface area contributed by atoms with Crippen molar-refractivity contribution in [2.45, 2.75) is 37.7 Å². The first-order valence-corrected chi connectivity index (χ1v) is 19.1. The van der Waals surface area contributed by atoms with E-state index in [9.17, 15) is 30.6 Å². The first kappa shape index (κ1) is 31.8. The third-order valence-corrected chi connectivity index (χ3v) is 13.8. The average molecular weight is 727 g/mol. The highest BCUT2D eigenvalue weighted by Gasteiger charge is 2.45. The van der Waals surface area contributed by atoms with Gasteiger partial charge in [-0.1, -0.05) is 55.0 Å². The molecule has 3 aliphatic carbocycles. The van der Waals surface area contributed by atoms with Crippen LogP contribution in [0.3, 0.4) is 0 Å². The van der Waals surface area contributed by atoms with Crippen molar-refractivity contribution in [1.82, 2.24) is 0 Å². The third kappa shape index (κ3) is 4.56. The van der Waals surface area contributed by atoms with Gasteiger partial charge in [-0.3, -0.25) is 9.59 Å². The second kappa shape index (κ2) is 12.0. The van der Waals surface area contributed by atoms with E-state index in [1.165, 1.54) is 11.3 Å². The third-order valence-electron chi connectivity index (χ3n) is 10.2. The number of thiophene rings is 3.